The van der Waals surface area contributed by atoms with Gasteiger partial charge in [0.1, 0.15) is 6.10 Å². The maximum atomic E-state index is 11.6. The van der Waals surface area contributed by atoms with E-state index in [-0.39, 0.29) is 28.8 Å². The van der Waals surface area contributed by atoms with E-state index in [2.05, 4.69) is 13.8 Å². The van der Waals surface area contributed by atoms with Gasteiger partial charge >= 0.3 is 5.97 Å². The van der Waals surface area contributed by atoms with Gasteiger partial charge in [0, 0.05) is 5.92 Å². The first-order valence-electron chi connectivity index (χ1n) is 5.18. The molecule has 14 heavy (non-hydrogen) atoms. The number of hydrogen-bond donors (Lipinski definition) is 1. The monoisotopic (exact) mass is 198 g/mol. The van der Waals surface area contributed by atoms with Crippen LogP contribution in [0.2, 0.25) is 0 Å². The minimum absolute atomic E-state index is 0.114. The maximum Gasteiger partial charge on any atom is 0.312 e. The first kappa shape index (κ1) is 9.97. The molecule has 1 N–H and O–H groups in total. The van der Waals surface area contributed by atoms with E-state index in [1.165, 1.54) is 0 Å². The van der Waals surface area contributed by atoms with Crippen LogP contribution in [0.5, 0.6) is 0 Å². The number of cyclic esters (lactones) is 1. The van der Waals surface area contributed by atoms with Crippen LogP contribution >= 0.6 is 0 Å². The molecule has 1 aliphatic heterocycles. The lowest BCUT2D eigenvalue weighted by atomic mass is 9.47. The molecule has 0 aromatic rings. The lowest BCUT2D eigenvalue weighted by molar-refractivity contribution is -0.154. The molecule has 80 valence electrons. The number of carbonyl (C=O) groups is 1. The Labute approximate surface area is 84.4 Å². The number of aliphatic hydroxyl groups is 1. The molecule has 1 aliphatic carbocycles. The van der Waals surface area contributed by atoms with E-state index >= 15 is 0 Å². The Hall–Kier alpha value is -0.570. The van der Waals surface area contributed by atoms with Gasteiger partial charge in [-0.15, -0.1) is 0 Å². The number of aliphatic hydroxyl groups excluding tert-OH is 1. The lowest BCUT2D eigenvalue weighted by Gasteiger charge is -2.54. The molecule has 2 fully saturated rings. The van der Waals surface area contributed by atoms with Crippen LogP contribution in [0.25, 0.3) is 0 Å². The number of esters is 1. The van der Waals surface area contributed by atoms with Crippen LogP contribution in [-0.2, 0) is 9.53 Å². The molecule has 4 atom stereocenters. The minimum atomic E-state index is -0.564. The summed E-state index contributed by atoms with van der Waals surface area (Å²) in [6, 6.07) is 0. The van der Waals surface area contributed by atoms with E-state index in [1.54, 1.807) is 6.92 Å². The van der Waals surface area contributed by atoms with Crippen molar-refractivity contribution in [1.82, 2.24) is 0 Å². The fraction of sp³-hybridized carbons (Fsp3) is 0.909. The van der Waals surface area contributed by atoms with E-state index in [1.807, 2.05) is 6.92 Å². The normalized spacial score (nSPS) is 46.5. The average Bonchev–Trinajstić information content (AvgIpc) is 2.20. The highest BCUT2D eigenvalue weighted by Crippen LogP contribution is 2.65. The molecule has 1 saturated heterocycles. The zero-order chi connectivity index (χ0) is 10.7. The van der Waals surface area contributed by atoms with Crippen molar-refractivity contribution in [3.63, 3.8) is 0 Å². The Morgan fingerprint density at radius 2 is 2.07 bits per heavy atom. The fourth-order valence-electron chi connectivity index (χ4n) is 3.61. The largest absolute Gasteiger partial charge is 0.459 e. The van der Waals surface area contributed by atoms with Gasteiger partial charge in [0.05, 0.1) is 11.5 Å². The predicted molar refractivity (Wildman–Crippen MR) is 51.6 cm³/mol. The van der Waals surface area contributed by atoms with Crippen LogP contribution in [0.4, 0.5) is 0 Å². The zero-order valence-electron chi connectivity index (χ0n) is 9.20. The van der Waals surface area contributed by atoms with Crippen molar-refractivity contribution in [3.8, 4) is 0 Å². The molecular weight excluding hydrogens is 180 g/mol. The number of ether oxygens (including phenoxy) is 1. The molecule has 3 nitrogen and oxygen atoms in total. The van der Waals surface area contributed by atoms with Crippen molar-refractivity contribution in [2.75, 3.05) is 0 Å². The summed E-state index contributed by atoms with van der Waals surface area (Å²) in [5.41, 5.74) is -0.228. The summed E-state index contributed by atoms with van der Waals surface area (Å²) in [7, 11) is 0. The third kappa shape index (κ3) is 0.991. The molecule has 1 saturated carbocycles. The maximum absolute atomic E-state index is 11.6. The predicted octanol–water partition coefficient (Wildman–Crippen LogP) is 1.34. The van der Waals surface area contributed by atoms with Crippen molar-refractivity contribution in [1.29, 1.82) is 0 Å². The molecule has 3 heteroatoms. The second kappa shape index (κ2) is 2.51. The van der Waals surface area contributed by atoms with Gasteiger partial charge in [0.15, 0.2) is 0 Å². The Morgan fingerprint density at radius 1 is 1.50 bits per heavy atom. The minimum Gasteiger partial charge on any atom is -0.459 e. The van der Waals surface area contributed by atoms with E-state index < -0.39 is 6.10 Å². The molecular formula is C11H18O3. The summed E-state index contributed by atoms with van der Waals surface area (Å²) in [5, 5.41) is 9.56. The lowest BCUT2D eigenvalue weighted by Crippen LogP contribution is -2.56. The van der Waals surface area contributed by atoms with Gasteiger partial charge in [0.2, 0.25) is 0 Å². The number of carbonyl (C=O) groups excluding carboxylic acids is 1. The van der Waals surface area contributed by atoms with E-state index in [0.717, 1.165) is 6.42 Å². The van der Waals surface area contributed by atoms with Gasteiger partial charge in [-0.25, -0.2) is 0 Å². The molecule has 0 radical (unpaired) electrons. The molecule has 0 bridgehead atoms. The summed E-state index contributed by atoms with van der Waals surface area (Å²) in [4.78, 5) is 11.6. The second-order valence-corrected chi connectivity index (χ2v) is 5.67. The van der Waals surface area contributed by atoms with Gasteiger partial charge in [0.25, 0.3) is 0 Å². The summed E-state index contributed by atoms with van der Waals surface area (Å²) < 4.78 is 5.26. The number of rotatable bonds is 1. The molecule has 4 unspecified atom stereocenters. The van der Waals surface area contributed by atoms with Crippen molar-refractivity contribution in [2.45, 2.75) is 46.3 Å². The van der Waals surface area contributed by atoms with Crippen LogP contribution in [0.3, 0.4) is 0 Å². The SMILES string of the molecule is CC(O)C1OC(=O)C2(C)CC(C)(C)C12. The first-order valence-corrected chi connectivity index (χ1v) is 5.18. The number of fused-ring (bicyclic) bond motifs is 1. The standard InChI is InChI=1S/C11H18O3/c1-6(12)7-8-10(2,3)5-11(8,4)9(13)14-7/h6-8,12H,5H2,1-4H3. The zero-order valence-corrected chi connectivity index (χ0v) is 9.20. The third-order valence-corrected chi connectivity index (χ3v) is 3.86. The van der Waals surface area contributed by atoms with Crippen LogP contribution < -0.4 is 0 Å². The quantitative estimate of drug-likeness (QED) is 0.647. The van der Waals surface area contributed by atoms with Crippen LogP contribution in [0.1, 0.15) is 34.1 Å². The van der Waals surface area contributed by atoms with Gasteiger partial charge in [-0.3, -0.25) is 4.79 Å². The molecule has 0 amide bonds. The van der Waals surface area contributed by atoms with Gasteiger partial charge in [-0.05, 0) is 25.7 Å². The van der Waals surface area contributed by atoms with E-state index in [9.17, 15) is 9.90 Å². The Morgan fingerprint density at radius 3 is 2.43 bits per heavy atom. The Kier molecular flexibility index (Phi) is 1.79. The molecule has 0 aromatic heterocycles. The Bertz CT molecular complexity index is 282. The van der Waals surface area contributed by atoms with Crippen molar-refractivity contribution < 1.29 is 14.6 Å². The van der Waals surface area contributed by atoms with Crippen LogP contribution in [-0.4, -0.2) is 23.3 Å². The highest BCUT2D eigenvalue weighted by Gasteiger charge is 2.69. The molecule has 2 rings (SSSR count). The van der Waals surface area contributed by atoms with Crippen LogP contribution in [0, 0.1) is 16.7 Å². The summed E-state index contributed by atoms with van der Waals surface area (Å²) >= 11 is 0. The molecule has 0 spiro atoms. The fourth-order valence-corrected chi connectivity index (χ4v) is 3.61. The van der Waals surface area contributed by atoms with Crippen molar-refractivity contribution >= 4 is 5.97 Å². The highest BCUT2D eigenvalue weighted by atomic mass is 16.6. The summed E-state index contributed by atoms with van der Waals surface area (Å²) in [5.74, 6) is 0.0372. The molecule has 1 heterocycles. The highest BCUT2D eigenvalue weighted by molar-refractivity contribution is 5.81. The number of hydrogen-bond acceptors (Lipinski definition) is 3. The van der Waals surface area contributed by atoms with Crippen molar-refractivity contribution in [2.24, 2.45) is 16.7 Å². The summed E-state index contributed by atoms with van der Waals surface area (Å²) in [6.45, 7) is 7.92. The average molecular weight is 198 g/mol. The van der Waals surface area contributed by atoms with Crippen molar-refractivity contribution in [3.05, 3.63) is 0 Å². The third-order valence-electron chi connectivity index (χ3n) is 3.86. The van der Waals surface area contributed by atoms with Crippen LogP contribution in [0.15, 0.2) is 0 Å². The van der Waals surface area contributed by atoms with E-state index in [4.69, 9.17) is 4.74 Å². The second-order valence-electron chi connectivity index (χ2n) is 5.67. The first-order chi connectivity index (χ1) is 6.29. The Balaban J connectivity index is 2.31. The molecule has 2 aliphatic rings. The molecule has 0 aromatic carbocycles. The smallest absolute Gasteiger partial charge is 0.312 e. The topological polar surface area (TPSA) is 46.5 Å². The summed E-state index contributed by atoms with van der Waals surface area (Å²) in [6.07, 6.45) is -0.00574. The van der Waals surface area contributed by atoms with Gasteiger partial charge < -0.3 is 9.84 Å². The van der Waals surface area contributed by atoms with E-state index in [0.29, 0.717) is 0 Å². The van der Waals surface area contributed by atoms with Gasteiger partial charge in [-0.2, -0.15) is 0 Å². The van der Waals surface area contributed by atoms with Gasteiger partial charge in [-0.1, -0.05) is 13.8 Å².